The molecule has 0 amide bonds. The molecule has 0 radical (unpaired) electrons. The van der Waals surface area contributed by atoms with Crippen molar-refractivity contribution >= 4 is 23.8 Å². The van der Waals surface area contributed by atoms with Gasteiger partial charge in [-0.1, -0.05) is 36.6 Å². The summed E-state index contributed by atoms with van der Waals surface area (Å²) < 4.78 is 9.75. The largest absolute Gasteiger partial charge is 0.497 e. The van der Waals surface area contributed by atoms with E-state index in [1.807, 2.05) is 52.7 Å². The molecule has 1 fully saturated rings. The Hall–Kier alpha value is -2.15. The summed E-state index contributed by atoms with van der Waals surface area (Å²) in [6, 6.07) is 16.1. The summed E-state index contributed by atoms with van der Waals surface area (Å²) in [5, 5.41) is 9.30. The van der Waals surface area contributed by atoms with E-state index in [1.165, 1.54) is 18.4 Å². The quantitative estimate of drug-likeness (QED) is 0.541. The molecule has 0 saturated heterocycles. The Kier molecular flexibility index (Phi) is 5.76. The van der Waals surface area contributed by atoms with E-state index < -0.39 is 0 Å². The zero-order valence-electron chi connectivity index (χ0n) is 16.7. The van der Waals surface area contributed by atoms with Gasteiger partial charge in [0.05, 0.1) is 13.8 Å². The smallest absolute Gasteiger partial charge is 0.199 e. The van der Waals surface area contributed by atoms with Crippen molar-refractivity contribution in [3.8, 4) is 17.1 Å². The molecule has 1 heterocycles. The summed E-state index contributed by atoms with van der Waals surface area (Å²) in [6.45, 7) is 0.561. The molecule has 5 nitrogen and oxygen atoms in total. The number of benzene rings is 2. The number of nitrogens with one attached hydrogen (secondary N) is 1. The summed E-state index contributed by atoms with van der Waals surface area (Å²) in [4.78, 5) is 0. The molecule has 1 saturated carbocycles. The van der Waals surface area contributed by atoms with Crippen LogP contribution in [0, 0.1) is 4.77 Å². The molecule has 0 aliphatic heterocycles. The van der Waals surface area contributed by atoms with Crippen molar-refractivity contribution in [3.63, 3.8) is 0 Å². The van der Waals surface area contributed by atoms with Gasteiger partial charge in [-0.05, 0) is 67.0 Å². The standard InChI is InChI=1S/C22H25ClN4OS/c1-26-20(16-5-11-19(28-2)12-6-16)25-27(21(26)29)15-24-22(13-3-4-14-22)17-7-9-18(23)10-8-17/h5-12,24H,3-4,13-15H2,1-2H3. The van der Waals surface area contributed by atoms with Crippen LogP contribution in [-0.4, -0.2) is 21.5 Å². The molecule has 0 atom stereocenters. The van der Waals surface area contributed by atoms with Gasteiger partial charge in [0.2, 0.25) is 0 Å². The van der Waals surface area contributed by atoms with E-state index in [4.69, 9.17) is 33.7 Å². The van der Waals surface area contributed by atoms with E-state index in [0.29, 0.717) is 11.4 Å². The fourth-order valence-electron chi connectivity index (χ4n) is 4.12. The van der Waals surface area contributed by atoms with Crippen molar-refractivity contribution in [2.75, 3.05) is 7.11 Å². The van der Waals surface area contributed by atoms with Gasteiger partial charge in [-0.3, -0.25) is 5.32 Å². The van der Waals surface area contributed by atoms with E-state index in [1.54, 1.807) is 7.11 Å². The normalized spacial score (nSPS) is 15.6. The van der Waals surface area contributed by atoms with Crippen LogP contribution in [0.15, 0.2) is 48.5 Å². The maximum absolute atomic E-state index is 6.10. The first kappa shape index (κ1) is 20.1. The molecular weight excluding hydrogens is 404 g/mol. The average Bonchev–Trinajstić information content (AvgIpc) is 3.34. The minimum absolute atomic E-state index is 0.0584. The molecule has 1 aromatic heterocycles. The second kappa shape index (κ2) is 8.30. The van der Waals surface area contributed by atoms with Crippen molar-refractivity contribution in [3.05, 3.63) is 63.9 Å². The van der Waals surface area contributed by atoms with Crippen molar-refractivity contribution in [1.82, 2.24) is 19.7 Å². The number of rotatable bonds is 6. The van der Waals surface area contributed by atoms with Gasteiger partial charge in [-0.25, -0.2) is 4.68 Å². The monoisotopic (exact) mass is 428 g/mol. The van der Waals surface area contributed by atoms with E-state index in [9.17, 15) is 0 Å². The first-order valence-corrected chi connectivity index (χ1v) is 10.6. The number of halogens is 1. The Morgan fingerprint density at radius 2 is 1.76 bits per heavy atom. The van der Waals surface area contributed by atoms with Crippen LogP contribution in [0.5, 0.6) is 5.75 Å². The summed E-state index contributed by atoms with van der Waals surface area (Å²) in [5.74, 6) is 1.66. The second-order valence-electron chi connectivity index (χ2n) is 7.52. The van der Waals surface area contributed by atoms with Crippen molar-refractivity contribution in [2.45, 2.75) is 37.9 Å². The molecule has 1 aliphatic rings. The van der Waals surface area contributed by atoms with Crippen LogP contribution in [0.1, 0.15) is 31.2 Å². The Labute approximate surface area is 181 Å². The maximum atomic E-state index is 6.10. The second-order valence-corrected chi connectivity index (χ2v) is 8.33. The van der Waals surface area contributed by atoms with Crippen LogP contribution in [0.2, 0.25) is 5.02 Å². The molecule has 7 heteroatoms. The number of aromatic nitrogens is 3. The van der Waals surface area contributed by atoms with Crippen LogP contribution in [-0.2, 0) is 19.3 Å². The molecule has 29 heavy (non-hydrogen) atoms. The number of ether oxygens (including phenoxy) is 1. The predicted octanol–water partition coefficient (Wildman–Crippen LogP) is 5.30. The lowest BCUT2D eigenvalue weighted by Crippen LogP contribution is -2.41. The average molecular weight is 429 g/mol. The summed E-state index contributed by atoms with van der Waals surface area (Å²) in [6.07, 6.45) is 4.61. The zero-order chi connectivity index (χ0) is 20.4. The molecular formula is C22H25ClN4OS. The highest BCUT2D eigenvalue weighted by atomic mass is 35.5. The van der Waals surface area contributed by atoms with Crippen molar-refractivity contribution in [2.24, 2.45) is 7.05 Å². The third-order valence-corrected chi connectivity index (χ3v) is 6.55. The Bertz CT molecular complexity index is 1030. The topological polar surface area (TPSA) is 44.0 Å². The first-order chi connectivity index (χ1) is 14.0. The lowest BCUT2D eigenvalue weighted by Gasteiger charge is -2.31. The Morgan fingerprint density at radius 3 is 2.38 bits per heavy atom. The van der Waals surface area contributed by atoms with Gasteiger partial charge >= 0.3 is 0 Å². The van der Waals surface area contributed by atoms with Crippen LogP contribution in [0.4, 0.5) is 0 Å². The molecule has 1 N–H and O–H groups in total. The Balaban J connectivity index is 1.59. The van der Waals surface area contributed by atoms with Crippen LogP contribution in [0.25, 0.3) is 11.4 Å². The molecule has 0 bridgehead atoms. The number of nitrogens with zero attached hydrogens (tertiary/aromatic N) is 3. The van der Waals surface area contributed by atoms with E-state index in [0.717, 1.165) is 35.0 Å². The molecule has 4 rings (SSSR count). The number of hydrogen-bond acceptors (Lipinski definition) is 4. The van der Waals surface area contributed by atoms with Crippen LogP contribution in [0.3, 0.4) is 0 Å². The lowest BCUT2D eigenvalue weighted by atomic mass is 9.88. The van der Waals surface area contributed by atoms with Gasteiger partial charge in [0, 0.05) is 23.2 Å². The van der Waals surface area contributed by atoms with Gasteiger partial charge in [0.25, 0.3) is 0 Å². The highest BCUT2D eigenvalue weighted by Crippen LogP contribution is 2.39. The van der Waals surface area contributed by atoms with Gasteiger partial charge in [-0.2, -0.15) is 5.10 Å². The van der Waals surface area contributed by atoms with Crippen LogP contribution < -0.4 is 10.1 Å². The minimum atomic E-state index is -0.0584. The van der Waals surface area contributed by atoms with Gasteiger partial charge in [-0.15, -0.1) is 0 Å². The highest BCUT2D eigenvalue weighted by Gasteiger charge is 2.35. The lowest BCUT2D eigenvalue weighted by molar-refractivity contribution is 0.297. The minimum Gasteiger partial charge on any atom is -0.497 e. The molecule has 3 aromatic rings. The molecule has 2 aromatic carbocycles. The predicted molar refractivity (Wildman–Crippen MR) is 119 cm³/mol. The molecule has 0 unspecified atom stereocenters. The molecule has 152 valence electrons. The molecule has 0 spiro atoms. The van der Waals surface area contributed by atoms with Gasteiger partial charge < -0.3 is 9.30 Å². The van der Waals surface area contributed by atoms with E-state index in [-0.39, 0.29) is 5.54 Å². The molecule has 1 aliphatic carbocycles. The first-order valence-electron chi connectivity index (χ1n) is 9.82. The highest BCUT2D eigenvalue weighted by molar-refractivity contribution is 7.71. The summed E-state index contributed by atoms with van der Waals surface area (Å²) in [5.41, 5.74) is 2.22. The summed E-state index contributed by atoms with van der Waals surface area (Å²) in [7, 11) is 3.62. The van der Waals surface area contributed by atoms with Gasteiger partial charge in [0.15, 0.2) is 10.6 Å². The van der Waals surface area contributed by atoms with Crippen molar-refractivity contribution in [1.29, 1.82) is 0 Å². The van der Waals surface area contributed by atoms with Crippen molar-refractivity contribution < 1.29 is 4.74 Å². The fraction of sp³-hybridized carbons (Fsp3) is 0.364. The Morgan fingerprint density at radius 1 is 1.10 bits per heavy atom. The van der Waals surface area contributed by atoms with E-state index >= 15 is 0 Å². The maximum Gasteiger partial charge on any atom is 0.199 e. The zero-order valence-corrected chi connectivity index (χ0v) is 18.3. The third-order valence-electron chi connectivity index (χ3n) is 5.81. The third kappa shape index (κ3) is 3.97. The summed E-state index contributed by atoms with van der Waals surface area (Å²) >= 11 is 11.8. The SMILES string of the molecule is COc1ccc(-c2nn(CNC3(c4ccc(Cl)cc4)CCCC3)c(=S)n2C)cc1. The van der Waals surface area contributed by atoms with Gasteiger partial charge in [0.1, 0.15) is 5.75 Å². The van der Waals surface area contributed by atoms with E-state index in [2.05, 4.69) is 17.4 Å². The van der Waals surface area contributed by atoms with Crippen LogP contribution >= 0.6 is 23.8 Å². The number of hydrogen-bond donors (Lipinski definition) is 1. The number of methoxy groups -OCH3 is 1. The fourth-order valence-corrected chi connectivity index (χ4v) is 4.44.